The third-order valence-electron chi connectivity index (χ3n) is 4.17. The van der Waals surface area contributed by atoms with Gasteiger partial charge in [-0.1, -0.05) is 58.2 Å². The fraction of sp³-hybridized carbons (Fsp3) is 0.250. The first-order chi connectivity index (χ1) is 10.3. The topological polar surface area (TPSA) is 9.23 Å². The van der Waals surface area contributed by atoms with Gasteiger partial charge in [0, 0.05) is 0 Å². The zero-order valence-corrected chi connectivity index (χ0v) is 16.2. The van der Waals surface area contributed by atoms with Gasteiger partial charge in [0.2, 0.25) is 0 Å². The molecule has 0 fully saturated rings. The summed E-state index contributed by atoms with van der Waals surface area (Å²) in [6.45, 7) is 8.32. The van der Waals surface area contributed by atoms with E-state index in [9.17, 15) is 0 Å². The van der Waals surface area contributed by atoms with Gasteiger partial charge >= 0.3 is 0 Å². The molecule has 0 spiro atoms. The van der Waals surface area contributed by atoms with Crippen molar-refractivity contribution in [1.29, 1.82) is 0 Å². The van der Waals surface area contributed by atoms with Gasteiger partial charge in [-0.2, -0.15) is 0 Å². The molecule has 6 heteroatoms. The molecule has 2 aromatic carbocycles. The Morgan fingerprint density at radius 2 is 1.14 bits per heavy atom. The number of ether oxygens (including phenoxy) is 1. The van der Waals surface area contributed by atoms with E-state index in [1.54, 1.807) is 0 Å². The van der Waals surface area contributed by atoms with Crippen molar-refractivity contribution in [2.75, 3.05) is 0 Å². The van der Waals surface area contributed by atoms with Crippen molar-refractivity contribution in [3.8, 4) is 11.5 Å². The number of hydrogen-bond donors (Lipinski definition) is 0. The van der Waals surface area contributed by atoms with Crippen LogP contribution in [-0.4, -0.2) is 0 Å². The van der Waals surface area contributed by atoms with Crippen LogP contribution in [0.2, 0.25) is 20.1 Å². The number of benzene rings is 2. The second kappa shape index (κ2) is 5.68. The lowest BCUT2D eigenvalue weighted by molar-refractivity contribution is 0.449. The van der Waals surface area contributed by atoms with Gasteiger partial charge in [0.05, 0.1) is 24.9 Å². The zero-order valence-electron chi connectivity index (χ0n) is 12.3. The molecule has 0 amide bonds. The molecular formula is C16H12Cl4OS. The van der Waals surface area contributed by atoms with E-state index in [0.717, 1.165) is 16.2 Å². The van der Waals surface area contributed by atoms with E-state index in [1.807, 2.05) is 6.92 Å². The normalized spacial score (nSPS) is 12.7. The second-order valence-electron chi connectivity index (χ2n) is 5.28. The molecule has 0 unspecified atom stereocenters. The molecule has 3 rings (SSSR count). The van der Waals surface area contributed by atoms with Gasteiger partial charge in [-0.3, -0.25) is 0 Å². The molecule has 2 aromatic rings. The fourth-order valence-corrected chi connectivity index (χ4v) is 4.79. The van der Waals surface area contributed by atoms with Gasteiger partial charge in [0.25, 0.3) is 0 Å². The summed E-state index contributed by atoms with van der Waals surface area (Å²) in [6, 6.07) is 0. The standard InChI is InChI=1S/C16H12Cl4OS/c1-5-6(2)8(4)15-13(7(5)3)21-14-11(19)9(17)10(18)12(20)16(14)22-15/h1-4H3. The molecule has 0 N–H and O–H groups in total. The first-order valence-corrected chi connectivity index (χ1v) is 8.90. The van der Waals surface area contributed by atoms with Crippen molar-refractivity contribution in [2.24, 2.45) is 0 Å². The van der Waals surface area contributed by atoms with E-state index in [0.29, 0.717) is 20.7 Å². The zero-order chi connectivity index (χ0) is 16.3. The number of fused-ring (bicyclic) bond motifs is 2. The second-order valence-corrected chi connectivity index (χ2v) is 7.81. The Hall–Kier alpha value is -0.250. The molecule has 0 bridgehead atoms. The molecule has 1 nitrogen and oxygen atoms in total. The summed E-state index contributed by atoms with van der Waals surface area (Å²) in [5.74, 6) is 1.29. The number of rotatable bonds is 0. The van der Waals surface area contributed by atoms with Crippen molar-refractivity contribution in [3.63, 3.8) is 0 Å². The van der Waals surface area contributed by atoms with E-state index in [1.165, 1.54) is 28.5 Å². The van der Waals surface area contributed by atoms with E-state index in [2.05, 4.69) is 20.8 Å². The van der Waals surface area contributed by atoms with Crippen LogP contribution in [0.4, 0.5) is 0 Å². The Labute approximate surface area is 153 Å². The Bertz CT molecular complexity index is 695. The molecular weight excluding hydrogens is 382 g/mol. The lowest BCUT2D eigenvalue weighted by atomic mass is 9.98. The maximum Gasteiger partial charge on any atom is 0.163 e. The van der Waals surface area contributed by atoms with Crippen molar-refractivity contribution in [2.45, 2.75) is 37.5 Å². The number of hydrogen-bond acceptors (Lipinski definition) is 2. The van der Waals surface area contributed by atoms with Crippen molar-refractivity contribution >= 4 is 58.2 Å². The SMILES string of the molecule is Cc1c(C)c(C)c2c(c1C)Oc1c(Cl)c(Cl)c(Cl)c(Cl)c1S2. The van der Waals surface area contributed by atoms with Gasteiger partial charge in [0.15, 0.2) is 5.75 Å². The van der Waals surface area contributed by atoms with Crippen LogP contribution in [0.25, 0.3) is 0 Å². The Morgan fingerprint density at radius 3 is 1.77 bits per heavy atom. The lowest BCUT2D eigenvalue weighted by Crippen LogP contribution is -2.04. The van der Waals surface area contributed by atoms with Crippen LogP contribution in [-0.2, 0) is 0 Å². The average Bonchev–Trinajstić information content (AvgIpc) is 2.52. The highest BCUT2D eigenvalue weighted by Gasteiger charge is 2.30. The predicted molar refractivity (Wildman–Crippen MR) is 96.1 cm³/mol. The molecule has 1 aliphatic rings. The molecule has 116 valence electrons. The summed E-state index contributed by atoms with van der Waals surface area (Å²) in [4.78, 5) is 1.75. The third kappa shape index (κ3) is 2.23. The van der Waals surface area contributed by atoms with Crippen LogP contribution >= 0.6 is 58.2 Å². The van der Waals surface area contributed by atoms with Crippen molar-refractivity contribution in [1.82, 2.24) is 0 Å². The van der Waals surface area contributed by atoms with Gasteiger partial charge in [-0.15, -0.1) is 0 Å². The van der Waals surface area contributed by atoms with E-state index >= 15 is 0 Å². The molecule has 1 aliphatic heterocycles. The van der Waals surface area contributed by atoms with Crippen LogP contribution in [0.1, 0.15) is 22.3 Å². The average molecular weight is 394 g/mol. The van der Waals surface area contributed by atoms with E-state index in [-0.39, 0.29) is 10.0 Å². The molecule has 0 aliphatic carbocycles. The third-order valence-corrected chi connectivity index (χ3v) is 7.35. The monoisotopic (exact) mass is 392 g/mol. The summed E-state index contributed by atoms with van der Waals surface area (Å²) in [7, 11) is 0. The van der Waals surface area contributed by atoms with Gasteiger partial charge in [-0.25, -0.2) is 0 Å². The summed E-state index contributed by atoms with van der Waals surface area (Å²) in [5, 5.41) is 1.13. The molecule has 0 radical (unpaired) electrons. The molecule has 1 heterocycles. The minimum atomic E-state index is 0.217. The maximum absolute atomic E-state index is 6.34. The highest BCUT2D eigenvalue weighted by molar-refractivity contribution is 7.99. The van der Waals surface area contributed by atoms with Crippen LogP contribution in [0, 0.1) is 27.7 Å². The summed E-state index contributed by atoms with van der Waals surface area (Å²) in [5.41, 5.74) is 4.72. The van der Waals surface area contributed by atoms with Crippen molar-refractivity contribution in [3.05, 3.63) is 42.3 Å². The largest absolute Gasteiger partial charge is 0.453 e. The summed E-state index contributed by atoms with van der Waals surface area (Å²) >= 11 is 26.5. The Morgan fingerprint density at radius 1 is 0.591 bits per heavy atom. The first-order valence-electron chi connectivity index (χ1n) is 6.57. The van der Waals surface area contributed by atoms with Crippen LogP contribution in [0.5, 0.6) is 11.5 Å². The molecule has 22 heavy (non-hydrogen) atoms. The highest BCUT2D eigenvalue weighted by Crippen LogP contribution is 2.58. The molecule has 0 saturated carbocycles. The Balaban J connectivity index is 2.32. The quantitative estimate of drug-likeness (QED) is 0.284. The fourth-order valence-electron chi connectivity index (χ4n) is 2.47. The Kier molecular flexibility index (Phi) is 4.29. The minimum Gasteiger partial charge on any atom is -0.453 e. The van der Waals surface area contributed by atoms with E-state index in [4.69, 9.17) is 51.1 Å². The van der Waals surface area contributed by atoms with Gasteiger partial charge < -0.3 is 4.74 Å². The maximum atomic E-state index is 6.34. The first kappa shape index (κ1) is 16.6. The number of halogens is 4. The van der Waals surface area contributed by atoms with Gasteiger partial charge in [0.1, 0.15) is 10.8 Å². The minimum absolute atomic E-state index is 0.217. The highest BCUT2D eigenvalue weighted by atomic mass is 35.5. The molecule has 0 atom stereocenters. The summed E-state index contributed by atoms with van der Waals surface area (Å²) < 4.78 is 6.09. The predicted octanol–water partition coefficient (Wildman–Crippen LogP) is 7.79. The molecule has 0 aromatic heterocycles. The van der Waals surface area contributed by atoms with Crippen LogP contribution in [0.15, 0.2) is 9.79 Å². The summed E-state index contributed by atoms with van der Waals surface area (Å²) in [6.07, 6.45) is 0. The van der Waals surface area contributed by atoms with Crippen LogP contribution < -0.4 is 4.74 Å². The molecule has 0 saturated heterocycles. The lowest BCUT2D eigenvalue weighted by Gasteiger charge is -2.27. The van der Waals surface area contributed by atoms with Crippen LogP contribution in [0.3, 0.4) is 0 Å². The van der Waals surface area contributed by atoms with E-state index < -0.39 is 0 Å². The van der Waals surface area contributed by atoms with Gasteiger partial charge in [-0.05, 0) is 49.9 Å². The smallest absolute Gasteiger partial charge is 0.163 e. The van der Waals surface area contributed by atoms with Crippen molar-refractivity contribution < 1.29 is 4.74 Å².